The highest BCUT2D eigenvalue weighted by Gasteiger charge is 2.21. The molecular weight excluding hydrogens is 201 g/mol. The van der Waals surface area contributed by atoms with Gasteiger partial charge in [0.2, 0.25) is 0 Å². The van der Waals surface area contributed by atoms with Gasteiger partial charge >= 0.3 is 0 Å². The molecule has 0 saturated carbocycles. The van der Waals surface area contributed by atoms with Crippen molar-refractivity contribution in [1.82, 2.24) is 0 Å². The summed E-state index contributed by atoms with van der Waals surface area (Å²) >= 11 is 0. The Kier molecular flexibility index (Phi) is 10.0. The van der Waals surface area contributed by atoms with Crippen molar-refractivity contribution in [2.75, 3.05) is 19.6 Å². The minimum absolute atomic E-state index is 0. The summed E-state index contributed by atoms with van der Waals surface area (Å²) in [5.74, 6) is 0.990. The largest absolute Gasteiger partial charge is 1.00 e. The average molecular weight is 231 g/mol. The number of quaternary nitrogens is 1. The van der Waals surface area contributed by atoms with Crippen molar-refractivity contribution in [2.45, 2.75) is 65.2 Å². The van der Waals surface area contributed by atoms with Gasteiger partial charge in [-0.05, 0) is 12.8 Å². The Morgan fingerprint density at radius 3 is 2.19 bits per heavy atom. The van der Waals surface area contributed by atoms with Gasteiger partial charge in [0, 0.05) is 12.3 Å². The van der Waals surface area contributed by atoms with Crippen LogP contribution in [0.5, 0.6) is 0 Å². The van der Waals surface area contributed by atoms with Gasteiger partial charge in [-0.1, -0.05) is 46.0 Å². The zero-order chi connectivity index (χ0) is 10.9. The van der Waals surface area contributed by atoms with Gasteiger partial charge in [-0.25, -0.2) is 0 Å². The molecule has 1 N–H and O–H groups in total. The third-order valence-corrected chi connectivity index (χ3v) is 3.76. The molecule has 0 aromatic rings. The molecule has 0 aromatic carbocycles. The lowest BCUT2D eigenvalue weighted by Crippen LogP contribution is -3.10. The van der Waals surface area contributed by atoms with E-state index in [4.69, 9.17) is 0 Å². The second kappa shape index (κ2) is 10.1. The first-order chi connectivity index (χ1) is 7.33. The van der Waals surface area contributed by atoms with Crippen LogP contribution in [0.15, 0.2) is 0 Å². The fourth-order valence-electron chi connectivity index (χ4n) is 2.71. The number of hydrogen-bond donors (Lipinski definition) is 1. The summed E-state index contributed by atoms with van der Waals surface area (Å²) in [4.78, 5) is 1.87. The van der Waals surface area contributed by atoms with Crippen molar-refractivity contribution in [1.29, 1.82) is 0 Å². The highest BCUT2D eigenvalue weighted by atomic mass is 19.0. The molecule has 0 aliphatic carbocycles. The molecule has 0 amide bonds. The number of halogens is 1. The monoisotopic (exact) mass is 231 g/mol. The minimum atomic E-state index is 0. The molecule has 1 fully saturated rings. The lowest BCUT2D eigenvalue weighted by Gasteiger charge is -2.12. The van der Waals surface area contributed by atoms with Gasteiger partial charge in [0.15, 0.2) is 0 Å². The normalized spacial score (nSPS) is 24.4. The molecule has 1 aliphatic heterocycles. The zero-order valence-corrected chi connectivity index (χ0v) is 11.2. The van der Waals surface area contributed by atoms with Crippen LogP contribution in [0.2, 0.25) is 0 Å². The first kappa shape index (κ1) is 15.9. The van der Waals surface area contributed by atoms with E-state index in [2.05, 4.69) is 13.8 Å². The standard InChI is InChI=1S/C14H29N.FH/c1-3-4-5-6-7-8-9-11-15-12-10-14(2)13-15;/h14H,3-13H2,1-2H3;1H. The number of unbranched alkanes of at least 4 members (excludes halogenated alkanes) is 6. The van der Waals surface area contributed by atoms with E-state index in [0.717, 1.165) is 5.92 Å². The molecule has 1 saturated heterocycles. The highest BCUT2D eigenvalue weighted by molar-refractivity contribution is 4.55. The van der Waals surface area contributed by atoms with Gasteiger partial charge in [0.1, 0.15) is 0 Å². The van der Waals surface area contributed by atoms with Crippen molar-refractivity contribution in [3.8, 4) is 0 Å². The predicted octanol–water partition coefficient (Wildman–Crippen LogP) is -0.334. The maximum Gasteiger partial charge on any atom is 0.0799 e. The fraction of sp³-hybridized carbons (Fsp3) is 1.00. The molecule has 0 radical (unpaired) electrons. The Balaban J connectivity index is 0.00000225. The molecule has 0 spiro atoms. The maximum absolute atomic E-state index is 2.40. The lowest BCUT2D eigenvalue weighted by atomic mass is 10.1. The Labute approximate surface area is 101 Å². The lowest BCUT2D eigenvalue weighted by molar-refractivity contribution is -0.889. The third kappa shape index (κ3) is 7.21. The van der Waals surface area contributed by atoms with Crippen LogP contribution in [0.1, 0.15) is 65.2 Å². The molecule has 0 bridgehead atoms. The van der Waals surface area contributed by atoms with Crippen LogP contribution in [-0.4, -0.2) is 19.6 Å². The molecule has 98 valence electrons. The van der Waals surface area contributed by atoms with E-state index in [0.29, 0.717) is 0 Å². The Bertz CT molecular complexity index is 150. The van der Waals surface area contributed by atoms with Gasteiger partial charge in [-0.2, -0.15) is 0 Å². The van der Waals surface area contributed by atoms with Crippen molar-refractivity contribution >= 4 is 0 Å². The molecule has 1 aliphatic rings. The minimum Gasteiger partial charge on any atom is -1.00 e. The van der Waals surface area contributed by atoms with Crippen molar-refractivity contribution < 1.29 is 9.60 Å². The molecule has 1 nitrogen and oxygen atoms in total. The molecule has 2 heteroatoms. The van der Waals surface area contributed by atoms with E-state index in [1.165, 1.54) is 71.0 Å². The van der Waals surface area contributed by atoms with Gasteiger partial charge < -0.3 is 9.60 Å². The smallest absolute Gasteiger partial charge is 0.0799 e. The summed E-state index contributed by atoms with van der Waals surface area (Å²) in [7, 11) is 0. The van der Waals surface area contributed by atoms with Crippen LogP contribution in [0, 0.1) is 5.92 Å². The first-order valence-electron chi connectivity index (χ1n) is 7.16. The van der Waals surface area contributed by atoms with Crippen LogP contribution in [0.3, 0.4) is 0 Å². The van der Waals surface area contributed by atoms with Crippen molar-refractivity contribution in [2.24, 2.45) is 5.92 Å². The summed E-state index contributed by atoms with van der Waals surface area (Å²) in [5, 5.41) is 0. The summed E-state index contributed by atoms with van der Waals surface area (Å²) in [6, 6.07) is 0. The molecule has 2 atom stereocenters. The van der Waals surface area contributed by atoms with E-state index in [1.807, 2.05) is 4.90 Å². The molecule has 1 rings (SSSR count). The molecule has 0 aromatic heterocycles. The van der Waals surface area contributed by atoms with Crippen molar-refractivity contribution in [3.63, 3.8) is 0 Å². The number of rotatable bonds is 8. The molecule has 2 unspecified atom stereocenters. The Hall–Kier alpha value is -0.110. The van der Waals surface area contributed by atoms with E-state index in [-0.39, 0.29) is 4.70 Å². The fourth-order valence-corrected chi connectivity index (χ4v) is 2.71. The van der Waals surface area contributed by atoms with Gasteiger partial charge in [-0.15, -0.1) is 0 Å². The van der Waals surface area contributed by atoms with Crippen molar-refractivity contribution in [3.05, 3.63) is 0 Å². The average Bonchev–Trinajstić information content (AvgIpc) is 2.63. The van der Waals surface area contributed by atoms with Gasteiger partial charge in [0.25, 0.3) is 0 Å². The number of likely N-dealkylation sites (tertiary alicyclic amines) is 1. The summed E-state index contributed by atoms with van der Waals surface area (Å²) < 4.78 is 0. The topological polar surface area (TPSA) is 4.44 Å². The molecule has 16 heavy (non-hydrogen) atoms. The van der Waals surface area contributed by atoms with E-state index in [1.54, 1.807) is 0 Å². The zero-order valence-electron chi connectivity index (χ0n) is 11.2. The predicted molar refractivity (Wildman–Crippen MR) is 67.3 cm³/mol. The highest BCUT2D eigenvalue weighted by Crippen LogP contribution is 2.06. The Morgan fingerprint density at radius 2 is 1.62 bits per heavy atom. The van der Waals surface area contributed by atoms with E-state index < -0.39 is 0 Å². The van der Waals surface area contributed by atoms with Gasteiger partial charge in [0.05, 0.1) is 19.6 Å². The SMILES string of the molecule is CCCCCCCCC[NH+]1CCC(C)C1.[F-]. The molecular formula is C14H30FN. The maximum atomic E-state index is 2.40. The second-order valence-electron chi connectivity index (χ2n) is 5.47. The van der Waals surface area contributed by atoms with Gasteiger partial charge in [-0.3, -0.25) is 0 Å². The third-order valence-electron chi connectivity index (χ3n) is 3.76. The van der Waals surface area contributed by atoms with Crippen LogP contribution >= 0.6 is 0 Å². The summed E-state index contributed by atoms with van der Waals surface area (Å²) in [6.07, 6.45) is 11.6. The quantitative estimate of drug-likeness (QED) is 0.546. The summed E-state index contributed by atoms with van der Waals surface area (Å²) in [5.41, 5.74) is 0. The van der Waals surface area contributed by atoms with Crippen LogP contribution in [0.4, 0.5) is 0 Å². The number of hydrogen-bond acceptors (Lipinski definition) is 0. The van der Waals surface area contributed by atoms with Crippen LogP contribution in [0.25, 0.3) is 0 Å². The van der Waals surface area contributed by atoms with Crippen LogP contribution in [-0.2, 0) is 0 Å². The first-order valence-corrected chi connectivity index (χ1v) is 7.16. The molecule has 1 heterocycles. The number of nitrogens with one attached hydrogen (secondary N) is 1. The summed E-state index contributed by atoms with van der Waals surface area (Å²) in [6.45, 7) is 9.01. The Morgan fingerprint density at radius 1 is 1.00 bits per heavy atom. The second-order valence-corrected chi connectivity index (χ2v) is 5.47. The van der Waals surface area contributed by atoms with E-state index in [9.17, 15) is 0 Å². The van der Waals surface area contributed by atoms with Crippen LogP contribution < -0.4 is 9.60 Å². The van der Waals surface area contributed by atoms with E-state index >= 15 is 0 Å².